The summed E-state index contributed by atoms with van der Waals surface area (Å²) in [5.41, 5.74) is 0.794. The van der Waals surface area contributed by atoms with Crippen molar-refractivity contribution in [2.24, 2.45) is 0 Å². The Morgan fingerprint density at radius 2 is 1.92 bits per heavy atom. The Labute approximate surface area is 153 Å². The van der Waals surface area contributed by atoms with Gasteiger partial charge in [0.05, 0.1) is 23.6 Å². The van der Waals surface area contributed by atoms with E-state index in [1.165, 1.54) is 13.2 Å². The summed E-state index contributed by atoms with van der Waals surface area (Å²) in [7, 11) is 1.53. The van der Waals surface area contributed by atoms with E-state index in [4.69, 9.17) is 9.15 Å². The highest BCUT2D eigenvalue weighted by molar-refractivity contribution is 8.00. The lowest BCUT2D eigenvalue weighted by Crippen LogP contribution is -2.22. The van der Waals surface area contributed by atoms with Crippen molar-refractivity contribution in [3.8, 4) is 17.2 Å². The fraction of sp³-hybridized carbons (Fsp3) is 0.167. The van der Waals surface area contributed by atoms with Crippen LogP contribution in [-0.4, -0.2) is 28.5 Å². The van der Waals surface area contributed by atoms with Crippen LogP contribution >= 0.6 is 11.8 Å². The summed E-state index contributed by atoms with van der Waals surface area (Å²) in [5.74, 6) is -0.0552. The highest BCUT2D eigenvalue weighted by Crippen LogP contribution is 2.29. The van der Waals surface area contributed by atoms with Gasteiger partial charge in [-0.25, -0.2) is 4.39 Å². The molecule has 6 nitrogen and oxygen atoms in total. The van der Waals surface area contributed by atoms with Crippen LogP contribution in [0.15, 0.2) is 58.2 Å². The van der Waals surface area contributed by atoms with Gasteiger partial charge in [-0.2, -0.15) is 0 Å². The van der Waals surface area contributed by atoms with Crippen LogP contribution in [0.3, 0.4) is 0 Å². The van der Waals surface area contributed by atoms with Gasteiger partial charge in [0, 0.05) is 0 Å². The molecule has 0 aliphatic carbocycles. The van der Waals surface area contributed by atoms with Crippen molar-refractivity contribution in [1.82, 2.24) is 10.2 Å². The summed E-state index contributed by atoms with van der Waals surface area (Å²) >= 11 is 1.09. The maximum absolute atomic E-state index is 13.8. The first-order chi connectivity index (χ1) is 12.6. The topological polar surface area (TPSA) is 77.2 Å². The molecule has 1 N–H and O–H groups in total. The number of halogens is 1. The summed E-state index contributed by atoms with van der Waals surface area (Å²) in [6.07, 6.45) is 0. The number of benzene rings is 2. The van der Waals surface area contributed by atoms with E-state index in [9.17, 15) is 9.18 Å². The maximum Gasteiger partial charge on any atom is 0.277 e. The van der Waals surface area contributed by atoms with Crippen LogP contribution in [-0.2, 0) is 4.79 Å². The van der Waals surface area contributed by atoms with E-state index < -0.39 is 11.1 Å². The molecule has 0 aliphatic heterocycles. The third-order valence-corrected chi connectivity index (χ3v) is 4.46. The van der Waals surface area contributed by atoms with Gasteiger partial charge in [0.25, 0.3) is 11.1 Å². The molecule has 134 valence electrons. The lowest BCUT2D eigenvalue weighted by atomic mass is 10.2. The van der Waals surface area contributed by atoms with Crippen molar-refractivity contribution in [3.63, 3.8) is 0 Å². The minimum atomic E-state index is -0.506. The molecular formula is C18H16FN3O3S. The zero-order valence-electron chi connectivity index (χ0n) is 14.1. The van der Waals surface area contributed by atoms with Crippen LogP contribution in [0.2, 0.25) is 0 Å². The number of carbonyl (C=O) groups excluding carboxylic acids is 1. The molecule has 0 unspecified atom stereocenters. The van der Waals surface area contributed by atoms with Crippen molar-refractivity contribution in [3.05, 3.63) is 54.3 Å². The van der Waals surface area contributed by atoms with Gasteiger partial charge in [-0.1, -0.05) is 36.0 Å². The van der Waals surface area contributed by atoms with Crippen LogP contribution in [0.1, 0.15) is 6.92 Å². The van der Waals surface area contributed by atoms with Crippen LogP contribution in [0, 0.1) is 5.82 Å². The number of nitrogens with zero attached hydrogens (tertiary/aromatic N) is 2. The van der Waals surface area contributed by atoms with E-state index in [-0.39, 0.29) is 22.6 Å². The van der Waals surface area contributed by atoms with Gasteiger partial charge < -0.3 is 14.5 Å². The highest BCUT2D eigenvalue weighted by atomic mass is 32.2. The summed E-state index contributed by atoms with van der Waals surface area (Å²) in [6, 6.07) is 13.2. The maximum atomic E-state index is 13.8. The molecule has 1 amide bonds. The largest absolute Gasteiger partial charge is 0.495 e. The molecule has 0 spiro atoms. The van der Waals surface area contributed by atoms with Gasteiger partial charge in [-0.3, -0.25) is 4.79 Å². The Morgan fingerprint density at radius 3 is 2.69 bits per heavy atom. The number of hydrogen-bond donors (Lipinski definition) is 1. The minimum absolute atomic E-state index is 0.0722. The first-order valence-electron chi connectivity index (χ1n) is 7.77. The average molecular weight is 373 g/mol. The van der Waals surface area contributed by atoms with E-state index in [1.54, 1.807) is 43.3 Å². The number of thioether (sulfide) groups is 1. The molecule has 0 fully saturated rings. The van der Waals surface area contributed by atoms with Gasteiger partial charge in [-0.15, -0.1) is 10.2 Å². The number of para-hydroxylation sites is 2. The number of rotatable bonds is 6. The zero-order chi connectivity index (χ0) is 18.5. The minimum Gasteiger partial charge on any atom is -0.495 e. The highest BCUT2D eigenvalue weighted by Gasteiger charge is 2.20. The number of ether oxygens (including phenoxy) is 1. The molecular weight excluding hydrogens is 357 g/mol. The second kappa shape index (κ2) is 8.01. The Balaban J connectivity index is 1.67. The van der Waals surface area contributed by atoms with E-state index >= 15 is 0 Å². The van der Waals surface area contributed by atoms with Gasteiger partial charge in [0.15, 0.2) is 0 Å². The second-order valence-electron chi connectivity index (χ2n) is 5.30. The van der Waals surface area contributed by atoms with Crippen LogP contribution in [0.25, 0.3) is 11.5 Å². The quantitative estimate of drug-likeness (QED) is 0.658. The van der Waals surface area contributed by atoms with Crippen molar-refractivity contribution in [2.75, 3.05) is 12.4 Å². The van der Waals surface area contributed by atoms with Crippen LogP contribution < -0.4 is 10.1 Å². The van der Waals surface area contributed by atoms with Crippen molar-refractivity contribution in [1.29, 1.82) is 0 Å². The third kappa shape index (κ3) is 4.02. The molecule has 1 atom stereocenters. The molecule has 3 rings (SSSR count). The average Bonchev–Trinajstić information content (AvgIpc) is 3.10. The Morgan fingerprint density at radius 1 is 1.19 bits per heavy atom. The number of hydrogen-bond acceptors (Lipinski definition) is 6. The number of amides is 1. The summed E-state index contributed by atoms with van der Waals surface area (Å²) < 4.78 is 24.5. The molecule has 3 aromatic rings. The van der Waals surface area contributed by atoms with E-state index in [0.717, 1.165) is 11.8 Å². The molecule has 26 heavy (non-hydrogen) atoms. The zero-order valence-corrected chi connectivity index (χ0v) is 14.9. The first-order valence-corrected chi connectivity index (χ1v) is 8.65. The normalized spacial score (nSPS) is 11.8. The van der Waals surface area contributed by atoms with Gasteiger partial charge in [-0.05, 0) is 31.2 Å². The number of aromatic nitrogens is 2. The van der Waals surface area contributed by atoms with Gasteiger partial charge in [0.2, 0.25) is 5.91 Å². The Hall–Kier alpha value is -2.87. The standard InChI is InChI=1S/C18H16FN3O3S/c1-11(16(23)20-14-9-5-6-10-15(14)24-2)26-18-22-21-17(25-18)12-7-3-4-8-13(12)19/h3-11H,1-2H3,(H,20,23)/t11-/m1/s1. The molecule has 0 saturated carbocycles. The first kappa shape index (κ1) is 17.9. The molecule has 0 bridgehead atoms. The molecule has 0 saturated heterocycles. The molecule has 1 heterocycles. The summed E-state index contributed by atoms with van der Waals surface area (Å²) in [5, 5.41) is 10.2. The van der Waals surface area contributed by atoms with Crippen LogP contribution in [0.4, 0.5) is 10.1 Å². The number of nitrogens with one attached hydrogen (secondary N) is 1. The van der Waals surface area contributed by atoms with E-state index in [1.807, 2.05) is 6.07 Å². The van der Waals surface area contributed by atoms with Gasteiger partial charge in [0.1, 0.15) is 11.6 Å². The predicted octanol–water partition coefficient (Wildman–Crippen LogP) is 4.00. The predicted molar refractivity (Wildman–Crippen MR) is 96.6 cm³/mol. The number of carbonyl (C=O) groups is 1. The lowest BCUT2D eigenvalue weighted by Gasteiger charge is -2.12. The molecule has 0 radical (unpaired) electrons. The monoisotopic (exact) mass is 373 g/mol. The van der Waals surface area contributed by atoms with Crippen molar-refractivity contribution in [2.45, 2.75) is 17.4 Å². The SMILES string of the molecule is COc1ccccc1NC(=O)[C@@H](C)Sc1nnc(-c2ccccc2F)o1. The molecule has 8 heteroatoms. The second-order valence-corrected chi connectivity index (χ2v) is 6.59. The Kier molecular flexibility index (Phi) is 5.52. The smallest absolute Gasteiger partial charge is 0.277 e. The van der Waals surface area contributed by atoms with Crippen molar-refractivity contribution >= 4 is 23.4 Å². The van der Waals surface area contributed by atoms with Gasteiger partial charge >= 0.3 is 0 Å². The van der Waals surface area contributed by atoms with Crippen molar-refractivity contribution < 1.29 is 18.3 Å². The molecule has 0 aliphatic rings. The summed E-state index contributed by atoms with van der Waals surface area (Å²) in [6.45, 7) is 1.71. The summed E-state index contributed by atoms with van der Waals surface area (Å²) in [4.78, 5) is 12.4. The Bertz CT molecular complexity index is 916. The number of anilines is 1. The molecule has 1 aromatic heterocycles. The fourth-order valence-corrected chi connectivity index (χ4v) is 2.87. The fourth-order valence-electron chi connectivity index (χ4n) is 2.19. The lowest BCUT2D eigenvalue weighted by molar-refractivity contribution is -0.115. The third-order valence-electron chi connectivity index (χ3n) is 3.52. The van der Waals surface area contributed by atoms with E-state index in [0.29, 0.717) is 11.4 Å². The number of methoxy groups -OCH3 is 1. The van der Waals surface area contributed by atoms with Crippen LogP contribution in [0.5, 0.6) is 5.75 Å². The van der Waals surface area contributed by atoms with E-state index in [2.05, 4.69) is 15.5 Å². The molecule has 2 aromatic carbocycles.